The average molecular weight is 215 g/mol. The van der Waals surface area contributed by atoms with Crippen LogP contribution in [0.2, 0.25) is 0 Å². The minimum Gasteiger partial charge on any atom is -0.355 e. The summed E-state index contributed by atoms with van der Waals surface area (Å²) in [5.41, 5.74) is 5.29. The van der Waals surface area contributed by atoms with Crippen molar-refractivity contribution in [2.45, 2.75) is 26.2 Å². The Morgan fingerprint density at radius 1 is 1.40 bits per heavy atom. The number of carbonyl (C=O) groups is 2. The average Bonchev–Trinajstić information content (AvgIpc) is 2.22. The van der Waals surface area contributed by atoms with E-state index in [4.69, 9.17) is 5.73 Å². The van der Waals surface area contributed by atoms with E-state index in [1.807, 2.05) is 6.92 Å². The van der Waals surface area contributed by atoms with Gasteiger partial charge in [-0.3, -0.25) is 9.59 Å². The molecule has 0 bridgehead atoms. The molecule has 5 nitrogen and oxygen atoms in total. The van der Waals surface area contributed by atoms with Crippen LogP contribution in [0.5, 0.6) is 0 Å². The van der Waals surface area contributed by atoms with Gasteiger partial charge in [-0.25, -0.2) is 0 Å². The smallest absolute Gasteiger partial charge is 0.239 e. The molecule has 88 valence electrons. The zero-order valence-electron chi connectivity index (χ0n) is 9.58. The maximum atomic E-state index is 11.4. The van der Waals surface area contributed by atoms with Gasteiger partial charge in [0.15, 0.2) is 0 Å². The molecular weight excluding hydrogens is 194 g/mol. The highest BCUT2D eigenvalue weighted by atomic mass is 16.2. The highest BCUT2D eigenvalue weighted by Crippen LogP contribution is 1.93. The SMILES string of the molecule is CCCNC(=O)CN(C)C(=O)CCCN. The Bertz CT molecular complexity index is 207. The van der Waals surface area contributed by atoms with Crippen LogP contribution in [0.3, 0.4) is 0 Å². The van der Waals surface area contributed by atoms with Crippen LogP contribution < -0.4 is 11.1 Å². The third kappa shape index (κ3) is 6.90. The predicted molar refractivity (Wildman–Crippen MR) is 59.2 cm³/mol. The Hall–Kier alpha value is -1.10. The number of nitrogens with two attached hydrogens (primary N) is 1. The van der Waals surface area contributed by atoms with Crippen LogP contribution in [-0.4, -0.2) is 43.4 Å². The lowest BCUT2D eigenvalue weighted by molar-refractivity contribution is -0.134. The molecule has 0 aromatic carbocycles. The van der Waals surface area contributed by atoms with E-state index in [1.165, 1.54) is 4.90 Å². The van der Waals surface area contributed by atoms with E-state index < -0.39 is 0 Å². The maximum absolute atomic E-state index is 11.4. The van der Waals surface area contributed by atoms with Crippen molar-refractivity contribution in [2.75, 3.05) is 26.7 Å². The Morgan fingerprint density at radius 2 is 2.07 bits per heavy atom. The van der Waals surface area contributed by atoms with Gasteiger partial charge in [0.25, 0.3) is 0 Å². The first-order valence-corrected chi connectivity index (χ1v) is 5.32. The fraction of sp³-hybridized carbons (Fsp3) is 0.800. The number of carbonyl (C=O) groups excluding carboxylic acids is 2. The molecule has 0 aliphatic carbocycles. The van der Waals surface area contributed by atoms with E-state index in [2.05, 4.69) is 5.32 Å². The molecule has 0 heterocycles. The molecule has 0 saturated heterocycles. The highest BCUT2D eigenvalue weighted by molar-refractivity contribution is 5.84. The number of hydrogen-bond donors (Lipinski definition) is 2. The van der Waals surface area contributed by atoms with Crippen molar-refractivity contribution in [1.82, 2.24) is 10.2 Å². The van der Waals surface area contributed by atoms with E-state index in [1.54, 1.807) is 7.05 Å². The first-order valence-electron chi connectivity index (χ1n) is 5.32. The molecule has 0 radical (unpaired) electrons. The molecule has 0 aliphatic rings. The molecule has 0 rings (SSSR count). The molecule has 0 atom stereocenters. The molecule has 0 aliphatic heterocycles. The monoisotopic (exact) mass is 215 g/mol. The summed E-state index contributed by atoms with van der Waals surface area (Å²) in [6.07, 6.45) is 1.98. The second-order valence-corrected chi connectivity index (χ2v) is 3.49. The zero-order chi connectivity index (χ0) is 11.7. The van der Waals surface area contributed by atoms with Crippen molar-refractivity contribution >= 4 is 11.8 Å². The summed E-state index contributed by atoms with van der Waals surface area (Å²) >= 11 is 0. The normalized spacial score (nSPS) is 9.80. The van der Waals surface area contributed by atoms with E-state index in [9.17, 15) is 9.59 Å². The minimum atomic E-state index is -0.111. The van der Waals surface area contributed by atoms with Crippen LogP contribution in [0, 0.1) is 0 Å². The minimum absolute atomic E-state index is 0.0351. The molecule has 3 N–H and O–H groups in total. The van der Waals surface area contributed by atoms with Crippen LogP contribution in [0.15, 0.2) is 0 Å². The first kappa shape index (κ1) is 13.9. The Morgan fingerprint density at radius 3 is 2.60 bits per heavy atom. The standard InChI is InChI=1S/C10H21N3O2/c1-3-7-12-9(14)8-13(2)10(15)5-4-6-11/h3-8,11H2,1-2H3,(H,12,14). The molecule has 0 aromatic rings. The maximum Gasteiger partial charge on any atom is 0.239 e. The number of amides is 2. The summed E-state index contributed by atoms with van der Waals surface area (Å²) in [5.74, 6) is -0.146. The first-order chi connectivity index (χ1) is 7.11. The lowest BCUT2D eigenvalue weighted by Crippen LogP contribution is -2.38. The third-order valence-corrected chi connectivity index (χ3v) is 1.97. The summed E-state index contributed by atoms with van der Waals surface area (Å²) in [6.45, 7) is 3.27. The Labute approximate surface area is 91.0 Å². The van der Waals surface area contributed by atoms with Gasteiger partial charge in [-0.15, -0.1) is 0 Å². The summed E-state index contributed by atoms with van der Waals surface area (Å²) < 4.78 is 0. The number of hydrogen-bond acceptors (Lipinski definition) is 3. The second kappa shape index (κ2) is 8.23. The molecule has 15 heavy (non-hydrogen) atoms. The molecule has 0 aromatic heterocycles. The summed E-state index contributed by atoms with van der Waals surface area (Å²) in [7, 11) is 1.63. The van der Waals surface area contributed by atoms with E-state index in [-0.39, 0.29) is 18.4 Å². The lowest BCUT2D eigenvalue weighted by Gasteiger charge is -2.16. The third-order valence-electron chi connectivity index (χ3n) is 1.97. The van der Waals surface area contributed by atoms with Crippen molar-refractivity contribution in [1.29, 1.82) is 0 Å². The molecular formula is C10H21N3O2. The Kier molecular flexibility index (Phi) is 7.62. The van der Waals surface area contributed by atoms with Crippen LogP contribution in [0.25, 0.3) is 0 Å². The summed E-state index contributed by atoms with van der Waals surface area (Å²) in [4.78, 5) is 24.1. The summed E-state index contributed by atoms with van der Waals surface area (Å²) in [5, 5.41) is 2.72. The number of rotatable bonds is 7. The molecule has 0 spiro atoms. The number of nitrogens with zero attached hydrogens (tertiary/aromatic N) is 1. The van der Waals surface area contributed by atoms with Crippen LogP contribution in [0.1, 0.15) is 26.2 Å². The fourth-order valence-electron chi connectivity index (χ4n) is 1.07. The number of likely N-dealkylation sites (N-methyl/N-ethyl adjacent to an activating group) is 1. The van der Waals surface area contributed by atoms with Crippen molar-refractivity contribution in [3.05, 3.63) is 0 Å². The fourth-order valence-corrected chi connectivity index (χ4v) is 1.07. The van der Waals surface area contributed by atoms with E-state index in [0.29, 0.717) is 25.9 Å². The lowest BCUT2D eigenvalue weighted by atomic mass is 10.3. The predicted octanol–water partition coefficient (Wildman–Crippen LogP) is -0.290. The van der Waals surface area contributed by atoms with Crippen molar-refractivity contribution in [3.63, 3.8) is 0 Å². The van der Waals surface area contributed by atoms with E-state index >= 15 is 0 Å². The van der Waals surface area contributed by atoms with Crippen LogP contribution >= 0.6 is 0 Å². The molecule has 5 heteroatoms. The zero-order valence-corrected chi connectivity index (χ0v) is 9.58. The molecule has 0 saturated carbocycles. The van der Waals surface area contributed by atoms with Crippen LogP contribution in [-0.2, 0) is 9.59 Å². The van der Waals surface area contributed by atoms with E-state index in [0.717, 1.165) is 6.42 Å². The van der Waals surface area contributed by atoms with Gasteiger partial charge in [0.1, 0.15) is 0 Å². The van der Waals surface area contributed by atoms with Gasteiger partial charge >= 0.3 is 0 Å². The van der Waals surface area contributed by atoms with Gasteiger partial charge in [0.05, 0.1) is 6.54 Å². The van der Waals surface area contributed by atoms with Crippen molar-refractivity contribution in [3.8, 4) is 0 Å². The quantitative estimate of drug-likeness (QED) is 0.613. The van der Waals surface area contributed by atoms with Gasteiger partial charge in [-0.05, 0) is 19.4 Å². The topological polar surface area (TPSA) is 75.4 Å². The van der Waals surface area contributed by atoms with Crippen molar-refractivity contribution in [2.24, 2.45) is 5.73 Å². The molecule has 0 fully saturated rings. The van der Waals surface area contributed by atoms with Crippen molar-refractivity contribution < 1.29 is 9.59 Å². The Balaban J connectivity index is 3.75. The van der Waals surface area contributed by atoms with Gasteiger partial charge in [-0.2, -0.15) is 0 Å². The highest BCUT2D eigenvalue weighted by Gasteiger charge is 2.11. The van der Waals surface area contributed by atoms with Gasteiger partial charge in [-0.1, -0.05) is 6.92 Å². The largest absolute Gasteiger partial charge is 0.355 e. The van der Waals surface area contributed by atoms with Gasteiger partial charge in [0.2, 0.25) is 11.8 Å². The molecule has 0 unspecified atom stereocenters. The van der Waals surface area contributed by atoms with Crippen LogP contribution in [0.4, 0.5) is 0 Å². The molecule has 2 amide bonds. The van der Waals surface area contributed by atoms with Gasteiger partial charge in [0, 0.05) is 20.0 Å². The second-order valence-electron chi connectivity index (χ2n) is 3.49. The summed E-state index contributed by atoms with van der Waals surface area (Å²) in [6, 6.07) is 0. The van der Waals surface area contributed by atoms with Gasteiger partial charge < -0.3 is 16.0 Å². The number of nitrogens with one attached hydrogen (secondary N) is 1.